The SMILES string of the molecule is Cc1ncc(C(F)F)cc1CC(=O)O. The monoisotopic (exact) mass is 201 g/mol. The van der Waals surface area contributed by atoms with Gasteiger partial charge in [-0.25, -0.2) is 8.78 Å². The van der Waals surface area contributed by atoms with Crippen molar-refractivity contribution >= 4 is 5.97 Å². The Morgan fingerprint density at radius 1 is 1.64 bits per heavy atom. The van der Waals surface area contributed by atoms with Crippen molar-refractivity contribution < 1.29 is 18.7 Å². The number of nitrogens with zero attached hydrogens (tertiary/aromatic N) is 1. The molecule has 0 unspecified atom stereocenters. The van der Waals surface area contributed by atoms with E-state index in [1.807, 2.05) is 0 Å². The quantitative estimate of drug-likeness (QED) is 0.813. The summed E-state index contributed by atoms with van der Waals surface area (Å²) in [6.07, 6.45) is -1.83. The fraction of sp³-hybridized carbons (Fsp3) is 0.333. The Bertz CT molecular complexity index is 353. The van der Waals surface area contributed by atoms with Crippen LogP contribution >= 0.6 is 0 Å². The highest BCUT2D eigenvalue weighted by molar-refractivity contribution is 5.70. The molecule has 1 heterocycles. The van der Waals surface area contributed by atoms with E-state index in [2.05, 4.69) is 4.98 Å². The van der Waals surface area contributed by atoms with Crippen molar-refractivity contribution in [1.29, 1.82) is 0 Å². The molecule has 0 saturated carbocycles. The second kappa shape index (κ2) is 4.13. The Balaban J connectivity index is 3.02. The standard InChI is InChI=1S/C9H9F2NO2/c1-5-6(3-8(13)14)2-7(4-12-5)9(10)11/h2,4,9H,3H2,1H3,(H,13,14). The Morgan fingerprint density at radius 2 is 2.29 bits per heavy atom. The van der Waals surface area contributed by atoms with Crippen LogP contribution in [0.1, 0.15) is 23.2 Å². The Morgan fingerprint density at radius 3 is 2.79 bits per heavy atom. The molecule has 1 N–H and O–H groups in total. The lowest BCUT2D eigenvalue weighted by Gasteiger charge is -2.05. The van der Waals surface area contributed by atoms with Crippen molar-refractivity contribution in [2.24, 2.45) is 0 Å². The molecule has 0 bridgehead atoms. The highest BCUT2D eigenvalue weighted by Gasteiger charge is 2.11. The number of hydrogen-bond donors (Lipinski definition) is 1. The average Bonchev–Trinajstić information content (AvgIpc) is 2.07. The molecule has 0 radical (unpaired) electrons. The molecule has 14 heavy (non-hydrogen) atoms. The van der Waals surface area contributed by atoms with Crippen LogP contribution < -0.4 is 0 Å². The van der Waals surface area contributed by atoms with E-state index >= 15 is 0 Å². The van der Waals surface area contributed by atoms with Gasteiger partial charge in [0.05, 0.1) is 6.42 Å². The highest BCUT2D eigenvalue weighted by atomic mass is 19.3. The molecule has 0 fully saturated rings. The Hall–Kier alpha value is -1.52. The zero-order chi connectivity index (χ0) is 10.7. The zero-order valence-corrected chi connectivity index (χ0v) is 7.50. The third-order valence-electron chi connectivity index (χ3n) is 1.81. The fourth-order valence-corrected chi connectivity index (χ4v) is 1.06. The van der Waals surface area contributed by atoms with Crippen molar-refractivity contribution in [1.82, 2.24) is 4.98 Å². The van der Waals surface area contributed by atoms with E-state index in [4.69, 9.17) is 5.11 Å². The van der Waals surface area contributed by atoms with E-state index in [1.165, 1.54) is 6.07 Å². The minimum Gasteiger partial charge on any atom is -0.481 e. The summed E-state index contributed by atoms with van der Waals surface area (Å²) in [6, 6.07) is 1.18. The van der Waals surface area contributed by atoms with E-state index in [1.54, 1.807) is 6.92 Å². The maximum atomic E-state index is 12.2. The first-order valence-corrected chi connectivity index (χ1v) is 3.96. The van der Waals surface area contributed by atoms with E-state index in [0.717, 1.165) is 6.20 Å². The number of halogens is 2. The summed E-state index contributed by atoms with van der Waals surface area (Å²) < 4.78 is 24.5. The van der Waals surface area contributed by atoms with Gasteiger partial charge in [0.25, 0.3) is 6.43 Å². The van der Waals surface area contributed by atoms with E-state index in [9.17, 15) is 13.6 Å². The first-order valence-electron chi connectivity index (χ1n) is 3.96. The van der Waals surface area contributed by atoms with Crippen LogP contribution in [0.2, 0.25) is 0 Å². The van der Waals surface area contributed by atoms with Gasteiger partial charge in [0.2, 0.25) is 0 Å². The Labute approximate surface area is 79.4 Å². The molecule has 0 atom stereocenters. The maximum absolute atomic E-state index is 12.2. The molecule has 0 spiro atoms. The van der Waals surface area contributed by atoms with Gasteiger partial charge in [0.1, 0.15) is 0 Å². The van der Waals surface area contributed by atoms with Gasteiger partial charge in [-0.15, -0.1) is 0 Å². The van der Waals surface area contributed by atoms with Crippen molar-refractivity contribution in [2.45, 2.75) is 19.8 Å². The third-order valence-corrected chi connectivity index (χ3v) is 1.81. The summed E-state index contributed by atoms with van der Waals surface area (Å²) >= 11 is 0. The number of aromatic nitrogens is 1. The van der Waals surface area contributed by atoms with Crippen LogP contribution in [0.15, 0.2) is 12.3 Å². The van der Waals surface area contributed by atoms with Gasteiger partial charge in [-0.1, -0.05) is 0 Å². The molecule has 0 aliphatic rings. The molecule has 1 aromatic rings. The van der Waals surface area contributed by atoms with Gasteiger partial charge in [-0.05, 0) is 18.6 Å². The van der Waals surface area contributed by atoms with E-state index in [-0.39, 0.29) is 12.0 Å². The molecule has 0 saturated heterocycles. The van der Waals surface area contributed by atoms with Gasteiger partial charge in [-0.3, -0.25) is 9.78 Å². The molecule has 5 heteroatoms. The number of carboxylic acids is 1. The molecule has 0 aliphatic carbocycles. The predicted molar refractivity (Wildman–Crippen MR) is 45.3 cm³/mol. The topological polar surface area (TPSA) is 50.2 Å². The smallest absolute Gasteiger partial charge is 0.307 e. The van der Waals surface area contributed by atoms with Crippen LogP contribution in [-0.4, -0.2) is 16.1 Å². The summed E-state index contributed by atoms with van der Waals surface area (Å²) in [5.74, 6) is -1.05. The van der Waals surface area contributed by atoms with Gasteiger partial charge in [-0.2, -0.15) is 0 Å². The average molecular weight is 201 g/mol. The van der Waals surface area contributed by atoms with Gasteiger partial charge in [0.15, 0.2) is 0 Å². The number of aryl methyl sites for hydroxylation is 1. The largest absolute Gasteiger partial charge is 0.481 e. The molecule has 76 valence electrons. The maximum Gasteiger partial charge on any atom is 0.307 e. The number of rotatable bonds is 3. The first-order chi connectivity index (χ1) is 6.50. The number of hydrogen-bond acceptors (Lipinski definition) is 2. The normalized spacial score (nSPS) is 10.6. The van der Waals surface area contributed by atoms with Crippen LogP contribution in [0.25, 0.3) is 0 Å². The van der Waals surface area contributed by atoms with Crippen molar-refractivity contribution in [3.63, 3.8) is 0 Å². The lowest BCUT2D eigenvalue weighted by molar-refractivity contribution is -0.136. The molecular weight excluding hydrogens is 192 g/mol. The number of pyridine rings is 1. The molecule has 1 rings (SSSR count). The molecule has 1 aromatic heterocycles. The number of alkyl halides is 2. The molecule has 0 aliphatic heterocycles. The van der Waals surface area contributed by atoms with E-state index in [0.29, 0.717) is 11.3 Å². The summed E-state index contributed by atoms with van der Waals surface area (Å²) in [4.78, 5) is 14.1. The molecule has 0 amide bonds. The van der Waals surface area contributed by atoms with Crippen LogP contribution in [-0.2, 0) is 11.2 Å². The molecule has 0 aromatic carbocycles. The predicted octanol–water partition coefficient (Wildman–Crippen LogP) is 1.95. The highest BCUT2D eigenvalue weighted by Crippen LogP contribution is 2.20. The number of carbonyl (C=O) groups is 1. The third kappa shape index (κ3) is 2.48. The Kier molecular flexibility index (Phi) is 3.11. The minimum atomic E-state index is -2.62. The van der Waals surface area contributed by atoms with Crippen LogP contribution in [0, 0.1) is 6.92 Å². The second-order valence-corrected chi connectivity index (χ2v) is 2.88. The van der Waals surface area contributed by atoms with Crippen LogP contribution in [0.4, 0.5) is 8.78 Å². The number of carboxylic acid groups (broad SMARTS) is 1. The first kappa shape index (κ1) is 10.6. The van der Waals surface area contributed by atoms with Crippen molar-refractivity contribution in [3.8, 4) is 0 Å². The molecule has 3 nitrogen and oxygen atoms in total. The zero-order valence-electron chi connectivity index (χ0n) is 7.50. The lowest BCUT2D eigenvalue weighted by Crippen LogP contribution is -2.04. The fourth-order valence-electron chi connectivity index (χ4n) is 1.06. The van der Waals surface area contributed by atoms with Crippen LogP contribution in [0.5, 0.6) is 0 Å². The van der Waals surface area contributed by atoms with Crippen LogP contribution in [0.3, 0.4) is 0 Å². The second-order valence-electron chi connectivity index (χ2n) is 2.88. The summed E-state index contributed by atoms with van der Waals surface area (Å²) in [6.45, 7) is 1.59. The summed E-state index contributed by atoms with van der Waals surface area (Å²) in [5, 5.41) is 8.51. The van der Waals surface area contributed by atoms with E-state index < -0.39 is 12.4 Å². The lowest BCUT2D eigenvalue weighted by atomic mass is 10.1. The molecular formula is C9H9F2NO2. The van der Waals surface area contributed by atoms with Crippen molar-refractivity contribution in [2.75, 3.05) is 0 Å². The van der Waals surface area contributed by atoms with Crippen molar-refractivity contribution in [3.05, 3.63) is 29.1 Å². The number of aliphatic carboxylic acids is 1. The minimum absolute atomic E-state index is 0.244. The van der Waals surface area contributed by atoms with Gasteiger partial charge >= 0.3 is 5.97 Å². The van der Waals surface area contributed by atoms with Gasteiger partial charge < -0.3 is 5.11 Å². The summed E-state index contributed by atoms with van der Waals surface area (Å²) in [7, 11) is 0. The summed E-state index contributed by atoms with van der Waals surface area (Å²) in [5.41, 5.74) is 0.555. The van der Waals surface area contributed by atoms with Gasteiger partial charge in [0, 0.05) is 17.5 Å².